The molecule has 0 saturated heterocycles. The van der Waals surface area contributed by atoms with Crippen molar-refractivity contribution in [2.24, 2.45) is 0 Å². The number of nitro groups is 1. The Labute approximate surface area is 153 Å². The molecule has 0 amide bonds. The SMILES string of the molecule is C#CCOc1ccc(Br)cc1[C@H](C[N+](=O)[O-])c1c[nH]c2ccccc12. The van der Waals surface area contributed by atoms with E-state index in [9.17, 15) is 10.1 Å². The summed E-state index contributed by atoms with van der Waals surface area (Å²) in [5.74, 6) is 2.52. The van der Waals surface area contributed by atoms with Crippen LogP contribution in [0.3, 0.4) is 0 Å². The van der Waals surface area contributed by atoms with Crippen molar-refractivity contribution in [3.8, 4) is 18.1 Å². The standard InChI is InChI=1S/C19H15BrN2O3/c1-2-9-25-19-8-7-13(20)10-15(19)17(12-22(23)24)16-11-21-18-6-4-3-5-14(16)18/h1,3-8,10-11,17,21H,9,12H2/t17-/m0/s1. The lowest BCUT2D eigenvalue weighted by Crippen LogP contribution is -2.15. The molecule has 126 valence electrons. The van der Waals surface area contributed by atoms with E-state index in [0.717, 1.165) is 26.5 Å². The zero-order valence-electron chi connectivity index (χ0n) is 13.2. The molecule has 25 heavy (non-hydrogen) atoms. The Morgan fingerprint density at radius 2 is 2.08 bits per heavy atom. The maximum absolute atomic E-state index is 11.3. The molecule has 2 aromatic carbocycles. The average molecular weight is 399 g/mol. The molecule has 0 aliphatic heterocycles. The van der Waals surface area contributed by atoms with Crippen LogP contribution >= 0.6 is 15.9 Å². The number of aromatic nitrogens is 1. The first-order chi connectivity index (χ1) is 12.1. The number of H-pyrrole nitrogens is 1. The Kier molecular flexibility index (Phi) is 5.05. The third-order valence-corrected chi connectivity index (χ3v) is 4.48. The van der Waals surface area contributed by atoms with Gasteiger partial charge in [0.05, 0.1) is 5.92 Å². The summed E-state index contributed by atoms with van der Waals surface area (Å²) >= 11 is 3.44. The molecule has 6 heteroatoms. The Hall–Kier alpha value is -2.78. The van der Waals surface area contributed by atoms with Crippen LogP contribution in [0.15, 0.2) is 53.1 Å². The van der Waals surface area contributed by atoms with Crippen LogP contribution in [0.2, 0.25) is 0 Å². The van der Waals surface area contributed by atoms with Gasteiger partial charge in [-0.2, -0.15) is 0 Å². The van der Waals surface area contributed by atoms with Crippen LogP contribution in [-0.2, 0) is 0 Å². The molecule has 0 fully saturated rings. The van der Waals surface area contributed by atoms with E-state index in [2.05, 4.69) is 26.8 Å². The Balaban J connectivity index is 2.15. The Bertz CT molecular complexity index is 959. The first kappa shape index (κ1) is 17.1. The van der Waals surface area contributed by atoms with Crippen LogP contribution in [0, 0.1) is 22.5 Å². The number of terminal acetylenes is 1. The van der Waals surface area contributed by atoms with Crippen molar-refractivity contribution in [3.05, 3.63) is 74.4 Å². The van der Waals surface area contributed by atoms with Gasteiger partial charge in [-0.05, 0) is 29.8 Å². The molecule has 0 aliphatic carbocycles. The number of nitrogens with zero attached hydrogens (tertiary/aromatic N) is 1. The fourth-order valence-electron chi connectivity index (χ4n) is 2.94. The van der Waals surface area contributed by atoms with Crippen molar-refractivity contribution in [3.63, 3.8) is 0 Å². The van der Waals surface area contributed by atoms with Crippen LogP contribution in [0.25, 0.3) is 10.9 Å². The van der Waals surface area contributed by atoms with E-state index in [0.29, 0.717) is 5.75 Å². The molecule has 5 nitrogen and oxygen atoms in total. The molecule has 1 N–H and O–H groups in total. The molecule has 1 atom stereocenters. The monoisotopic (exact) mass is 398 g/mol. The van der Waals surface area contributed by atoms with Crippen molar-refractivity contribution in [1.29, 1.82) is 0 Å². The Morgan fingerprint density at radius 3 is 2.84 bits per heavy atom. The molecule has 1 heterocycles. The molecule has 0 spiro atoms. The highest BCUT2D eigenvalue weighted by Crippen LogP contribution is 2.37. The lowest BCUT2D eigenvalue weighted by atomic mass is 9.90. The maximum Gasteiger partial charge on any atom is 0.214 e. The summed E-state index contributed by atoms with van der Waals surface area (Å²) in [6.45, 7) is -0.140. The van der Waals surface area contributed by atoms with Gasteiger partial charge in [-0.15, -0.1) is 6.42 Å². The largest absolute Gasteiger partial charge is 0.481 e. The van der Waals surface area contributed by atoms with Gasteiger partial charge < -0.3 is 9.72 Å². The van der Waals surface area contributed by atoms with Crippen LogP contribution < -0.4 is 4.74 Å². The summed E-state index contributed by atoms with van der Waals surface area (Å²) in [4.78, 5) is 14.2. The number of nitrogens with one attached hydrogen (secondary N) is 1. The third-order valence-electron chi connectivity index (χ3n) is 3.99. The van der Waals surface area contributed by atoms with E-state index in [-0.39, 0.29) is 18.1 Å². The molecule has 0 bridgehead atoms. The van der Waals surface area contributed by atoms with Gasteiger partial charge in [0.1, 0.15) is 12.4 Å². The number of ether oxygens (including phenoxy) is 1. The van der Waals surface area contributed by atoms with Crippen molar-refractivity contribution < 1.29 is 9.66 Å². The normalized spacial score (nSPS) is 11.8. The van der Waals surface area contributed by atoms with E-state index >= 15 is 0 Å². The van der Waals surface area contributed by atoms with Crippen LogP contribution in [0.4, 0.5) is 0 Å². The van der Waals surface area contributed by atoms with Gasteiger partial charge in [-0.3, -0.25) is 10.1 Å². The lowest BCUT2D eigenvalue weighted by molar-refractivity contribution is -0.481. The Morgan fingerprint density at radius 1 is 1.28 bits per heavy atom. The van der Waals surface area contributed by atoms with E-state index in [1.807, 2.05) is 42.6 Å². The smallest absolute Gasteiger partial charge is 0.214 e. The van der Waals surface area contributed by atoms with Gasteiger partial charge in [0.15, 0.2) is 0 Å². The van der Waals surface area contributed by atoms with Crippen molar-refractivity contribution >= 4 is 26.8 Å². The minimum atomic E-state index is -0.462. The molecule has 0 radical (unpaired) electrons. The topological polar surface area (TPSA) is 68.2 Å². The number of rotatable bonds is 6. The molecular formula is C19H15BrN2O3. The lowest BCUT2D eigenvalue weighted by Gasteiger charge is -2.17. The quantitative estimate of drug-likeness (QED) is 0.381. The van der Waals surface area contributed by atoms with Gasteiger partial charge in [0.2, 0.25) is 6.54 Å². The van der Waals surface area contributed by atoms with Crippen molar-refractivity contribution in [2.45, 2.75) is 5.92 Å². The zero-order valence-corrected chi connectivity index (χ0v) is 14.8. The number of hydrogen-bond donors (Lipinski definition) is 1. The maximum atomic E-state index is 11.3. The predicted molar refractivity (Wildman–Crippen MR) is 100 cm³/mol. The molecule has 3 aromatic rings. The zero-order chi connectivity index (χ0) is 17.8. The highest BCUT2D eigenvalue weighted by Gasteiger charge is 2.26. The highest BCUT2D eigenvalue weighted by atomic mass is 79.9. The van der Waals surface area contributed by atoms with Crippen molar-refractivity contribution in [1.82, 2.24) is 4.98 Å². The summed E-state index contributed by atoms with van der Waals surface area (Å²) in [6.07, 6.45) is 7.11. The van der Waals surface area contributed by atoms with Crippen LogP contribution in [0.1, 0.15) is 17.0 Å². The first-order valence-electron chi connectivity index (χ1n) is 7.63. The van der Waals surface area contributed by atoms with E-state index in [1.165, 1.54) is 0 Å². The molecule has 0 saturated carbocycles. The fourth-order valence-corrected chi connectivity index (χ4v) is 3.32. The number of para-hydroxylation sites is 1. The number of benzene rings is 2. The highest BCUT2D eigenvalue weighted by molar-refractivity contribution is 9.10. The minimum Gasteiger partial charge on any atom is -0.481 e. The van der Waals surface area contributed by atoms with Crippen molar-refractivity contribution in [2.75, 3.05) is 13.2 Å². The van der Waals surface area contributed by atoms with E-state index < -0.39 is 5.92 Å². The predicted octanol–water partition coefficient (Wildman–Crippen LogP) is 4.35. The minimum absolute atomic E-state index is 0.105. The third kappa shape index (κ3) is 3.67. The second-order valence-electron chi connectivity index (χ2n) is 5.53. The van der Waals surface area contributed by atoms with Gasteiger partial charge in [-0.25, -0.2) is 0 Å². The van der Waals surface area contributed by atoms with Crippen LogP contribution in [0.5, 0.6) is 5.75 Å². The average Bonchev–Trinajstić information content (AvgIpc) is 3.02. The molecule has 1 aromatic heterocycles. The summed E-state index contributed by atoms with van der Waals surface area (Å²) in [6, 6.07) is 13.2. The van der Waals surface area contributed by atoms with E-state index in [1.54, 1.807) is 6.07 Å². The number of fused-ring (bicyclic) bond motifs is 1. The summed E-state index contributed by atoms with van der Waals surface area (Å²) in [5.41, 5.74) is 2.52. The van der Waals surface area contributed by atoms with Crippen LogP contribution in [-0.4, -0.2) is 23.1 Å². The summed E-state index contributed by atoms with van der Waals surface area (Å²) in [5, 5.41) is 12.3. The first-order valence-corrected chi connectivity index (χ1v) is 8.43. The van der Waals surface area contributed by atoms with E-state index in [4.69, 9.17) is 11.2 Å². The summed E-state index contributed by atoms with van der Waals surface area (Å²) < 4.78 is 6.45. The molecule has 3 rings (SSSR count). The molecular weight excluding hydrogens is 384 g/mol. The van der Waals surface area contributed by atoms with Gasteiger partial charge >= 0.3 is 0 Å². The number of halogens is 1. The number of aromatic amines is 1. The van der Waals surface area contributed by atoms with Gasteiger partial charge in [0.25, 0.3) is 0 Å². The fraction of sp³-hybridized carbons (Fsp3) is 0.158. The second-order valence-corrected chi connectivity index (χ2v) is 6.45. The van der Waals surface area contributed by atoms with Gasteiger partial charge in [-0.1, -0.05) is 40.0 Å². The number of hydrogen-bond acceptors (Lipinski definition) is 3. The summed E-state index contributed by atoms with van der Waals surface area (Å²) in [7, 11) is 0. The molecule has 0 unspecified atom stereocenters. The van der Waals surface area contributed by atoms with Gasteiger partial charge in [0, 0.05) is 32.1 Å². The second kappa shape index (κ2) is 7.41. The molecule has 0 aliphatic rings.